The van der Waals surface area contributed by atoms with E-state index in [9.17, 15) is 9.67 Å². The van der Waals surface area contributed by atoms with E-state index in [1.54, 1.807) is 39.0 Å². The molecule has 0 spiro atoms. The normalized spacial score (nSPS) is 14.7. The summed E-state index contributed by atoms with van der Waals surface area (Å²) in [5, 5.41) is 22.5. The van der Waals surface area contributed by atoms with Crippen molar-refractivity contribution >= 4 is 62.6 Å². The molecule has 0 bridgehead atoms. The smallest absolute Gasteiger partial charge is 0.229 e. The predicted molar refractivity (Wildman–Crippen MR) is 163 cm³/mol. The third-order valence-corrected chi connectivity index (χ3v) is 9.24. The first-order chi connectivity index (χ1) is 19.6. The van der Waals surface area contributed by atoms with Crippen LogP contribution in [0.15, 0.2) is 53.5 Å². The minimum absolute atomic E-state index is 0.313. The van der Waals surface area contributed by atoms with Crippen LogP contribution in [0.4, 0.5) is 23.1 Å². The Balaban J connectivity index is 1.40. The zero-order valence-corrected chi connectivity index (χ0v) is 25.4. The number of fused-ring (bicyclic) bond motifs is 4. The summed E-state index contributed by atoms with van der Waals surface area (Å²) in [5.41, 5.74) is 6.20. The summed E-state index contributed by atoms with van der Waals surface area (Å²) in [6, 6.07) is 7.46. The highest BCUT2D eigenvalue weighted by Gasteiger charge is 2.26. The van der Waals surface area contributed by atoms with Gasteiger partial charge in [-0.3, -0.25) is 14.6 Å². The minimum atomic E-state index is -2.76. The van der Waals surface area contributed by atoms with Crippen LogP contribution in [0.2, 0.25) is 0 Å². The molecular formula is C28H28BrN8O3P. The summed E-state index contributed by atoms with van der Waals surface area (Å²) in [7, 11) is 0.733. The van der Waals surface area contributed by atoms with E-state index in [-0.39, 0.29) is 0 Å². The maximum atomic E-state index is 13.4. The Bertz CT molecular complexity index is 1850. The van der Waals surface area contributed by atoms with E-state index in [0.29, 0.717) is 62.5 Å². The molecule has 0 radical (unpaired) electrons. The van der Waals surface area contributed by atoms with Crippen LogP contribution in [0.1, 0.15) is 23.8 Å². The van der Waals surface area contributed by atoms with Gasteiger partial charge in [-0.25, -0.2) is 4.98 Å². The monoisotopic (exact) mass is 634 g/mol. The highest BCUT2D eigenvalue weighted by Crippen LogP contribution is 2.43. The highest BCUT2D eigenvalue weighted by molar-refractivity contribution is 9.10. The van der Waals surface area contributed by atoms with E-state index >= 15 is 0 Å². The number of aliphatic hydroxyl groups excluding tert-OH is 1. The van der Waals surface area contributed by atoms with E-state index in [2.05, 4.69) is 46.6 Å². The number of hydrogen-bond donors (Lipinski definition) is 3. The number of rotatable bonds is 6. The van der Waals surface area contributed by atoms with Crippen molar-refractivity contribution in [2.45, 2.75) is 18.9 Å². The molecule has 13 heteroatoms. The van der Waals surface area contributed by atoms with Crippen LogP contribution >= 0.6 is 23.1 Å². The van der Waals surface area contributed by atoms with E-state index in [0.717, 1.165) is 22.4 Å². The number of methoxy groups -OCH3 is 1. The van der Waals surface area contributed by atoms with Gasteiger partial charge < -0.3 is 25.0 Å². The summed E-state index contributed by atoms with van der Waals surface area (Å²) in [6.45, 7) is 3.41. The number of benzene rings is 2. The van der Waals surface area contributed by atoms with Crippen molar-refractivity contribution in [3.8, 4) is 16.9 Å². The van der Waals surface area contributed by atoms with Crippen LogP contribution in [0, 0.1) is 0 Å². The van der Waals surface area contributed by atoms with E-state index in [1.807, 2.05) is 42.2 Å². The van der Waals surface area contributed by atoms with Crippen molar-refractivity contribution in [3.05, 3.63) is 64.8 Å². The molecule has 1 aliphatic rings. The molecule has 0 saturated carbocycles. The van der Waals surface area contributed by atoms with Gasteiger partial charge >= 0.3 is 0 Å². The molecule has 41 heavy (non-hydrogen) atoms. The molecular weight excluding hydrogens is 607 g/mol. The number of nitrogens with one attached hydrogen (secondary N) is 2. The summed E-state index contributed by atoms with van der Waals surface area (Å²) in [5.74, 6) is 1.33. The zero-order chi connectivity index (χ0) is 28.9. The molecule has 0 fully saturated rings. The lowest BCUT2D eigenvalue weighted by Crippen LogP contribution is -2.14. The first-order valence-electron chi connectivity index (χ1n) is 12.9. The van der Waals surface area contributed by atoms with E-state index in [4.69, 9.17) is 9.72 Å². The van der Waals surface area contributed by atoms with Crippen LogP contribution in [0.3, 0.4) is 0 Å². The van der Waals surface area contributed by atoms with Crippen LogP contribution in [-0.2, 0) is 18.0 Å². The summed E-state index contributed by atoms with van der Waals surface area (Å²) in [6.07, 6.45) is 7.33. The topological polar surface area (TPSA) is 140 Å². The van der Waals surface area contributed by atoms with Gasteiger partial charge in [0.25, 0.3) is 0 Å². The lowest BCUT2D eigenvalue weighted by atomic mass is 9.97. The molecule has 3 aromatic heterocycles. The fourth-order valence-electron chi connectivity index (χ4n) is 5.22. The lowest BCUT2D eigenvalue weighted by Gasteiger charge is -2.19. The van der Waals surface area contributed by atoms with Crippen LogP contribution in [-0.4, -0.2) is 55.3 Å². The second-order valence-electron chi connectivity index (χ2n) is 10.2. The van der Waals surface area contributed by atoms with Gasteiger partial charge in [0.2, 0.25) is 5.95 Å². The fourth-order valence-corrected chi connectivity index (χ4v) is 6.90. The van der Waals surface area contributed by atoms with Crippen LogP contribution in [0.25, 0.3) is 22.2 Å². The van der Waals surface area contributed by atoms with Crippen molar-refractivity contribution in [1.29, 1.82) is 0 Å². The number of halogens is 1. The number of anilines is 4. The molecule has 0 amide bonds. The van der Waals surface area contributed by atoms with Gasteiger partial charge in [0.05, 0.1) is 46.1 Å². The standard InChI is InChI=1S/C28H28BrN8O3P/c1-37-22-7-8-23(38)16-12-24(40-2)21(11-15(16)17(22)13-33-37)35-28-32-14-18(29)27(36-28)34-20-6-5-19-25(31-10-9-30-19)26(20)41(3,4)39/h5-6,9-14,23,38H,7-8H2,1-4H3,(H2,32,34,35,36). The van der Waals surface area contributed by atoms with Gasteiger partial charge in [0.15, 0.2) is 0 Å². The predicted octanol–water partition coefficient (Wildman–Crippen LogP) is 5.31. The molecule has 1 atom stereocenters. The van der Waals surface area contributed by atoms with Gasteiger partial charge in [0.1, 0.15) is 24.2 Å². The Labute approximate surface area is 244 Å². The van der Waals surface area contributed by atoms with E-state index in [1.165, 1.54) is 0 Å². The maximum Gasteiger partial charge on any atom is 0.229 e. The van der Waals surface area contributed by atoms with Crippen LogP contribution in [0.5, 0.6) is 5.75 Å². The van der Waals surface area contributed by atoms with Crippen molar-refractivity contribution in [3.63, 3.8) is 0 Å². The number of hydrogen-bond acceptors (Lipinski definition) is 10. The Morgan fingerprint density at radius 2 is 1.88 bits per heavy atom. The first-order valence-corrected chi connectivity index (χ1v) is 16.3. The van der Waals surface area contributed by atoms with Gasteiger partial charge in [-0.1, -0.05) is 0 Å². The lowest BCUT2D eigenvalue weighted by molar-refractivity contribution is 0.168. The number of aryl methyl sites for hydroxylation is 1. The zero-order valence-electron chi connectivity index (χ0n) is 22.9. The van der Waals surface area contributed by atoms with Crippen molar-refractivity contribution in [2.75, 3.05) is 31.1 Å². The Morgan fingerprint density at radius 1 is 1.07 bits per heavy atom. The highest BCUT2D eigenvalue weighted by atomic mass is 79.9. The summed E-state index contributed by atoms with van der Waals surface area (Å²) in [4.78, 5) is 18.0. The molecule has 1 unspecified atom stereocenters. The molecule has 1 aliphatic carbocycles. The third-order valence-electron chi connectivity index (χ3n) is 7.13. The number of aliphatic hydroxyl groups is 1. The molecule has 2 aromatic carbocycles. The average Bonchev–Trinajstić information content (AvgIpc) is 3.25. The van der Waals surface area contributed by atoms with Crippen LogP contribution < -0.4 is 20.7 Å². The quantitative estimate of drug-likeness (QED) is 0.211. The molecule has 210 valence electrons. The Morgan fingerprint density at radius 3 is 2.66 bits per heavy atom. The number of nitrogens with zero attached hydrogens (tertiary/aromatic N) is 6. The molecule has 6 rings (SSSR count). The van der Waals surface area contributed by atoms with Gasteiger partial charge in [0, 0.05) is 36.9 Å². The Kier molecular flexibility index (Phi) is 7.01. The minimum Gasteiger partial charge on any atom is -0.495 e. The van der Waals surface area contributed by atoms with Crippen molar-refractivity contribution in [2.24, 2.45) is 7.05 Å². The first kappa shape index (κ1) is 27.3. The number of aromatic nitrogens is 6. The average molecular weight is 635 g/mol. The van der Waals surface area contributed by atoms with Gasteiger partial charge in [-0.15, -0.1) is 0 Å². The second kappa shape index (κ2) is 10.5. The molecule has 5 aromatic rings. The number of ether oxygens (including phenoxy) is 1. The van der Waals surface area contributed by atoms with Gasteiger partial charge in [-0.2, -0.15) is 10.1 Å². The SMILES string of the molecule is COc1cc2c(cc1Nc1ncc(Br)c(Nc3ccc4nccnc4c3P(C)(C)=O)n1)-c1cnn(C)c1CCC2O. The maximum absolute atomic E-state index is 13.4. The molecule has 0 aliphatic heterocycles. The molecule has 0 saturated heterocycles. The fraction of sp³-hybridized carbons (Fsp3) is 0.250. The largest absolute Gasteiger partial charge is 0.495 e. The summed E-state index contributed by atoms with van der Waals surface area (Å²) >= 11 is 3.54. The van der Waals surface area contributed by atoms with Crippen molar-refractivity contribution in [1.82, 2.24) is 29.7 Å². The molecule has 11 nitrogen and oxygen atoms in total. The molecule has 3 N–H and O–H groups in total. The molecule has 3 heterocycles. The van der Waals surface area contributed by atoms with Crippen molar-refractivity contribution < 1.29 is 14.4 Å². The third kappa shape index (κ3) is 5.07. The summed E-state index contributed by atoms with van der Waals surface area (Å²) < 4.78 is 21.5. The second-order valence-corrected chi connectivity index (χ2v) is 14.2. The van der Waals surface area contributed by atoms with Gasteiger partial charge in [-0.05, 0) is 77.5 Å². The Hall–Kier alpha value is -3.86. The van der Waals surface area contributed by atoms with E-state index < -0.39 is 13.2 Å².